The molecule has 9 heteroatoms. The first kappa shape index (κ1) is 18.7. The maximum absolute atomic E-state index is 13.0. The zero-order valence-electron chi connectivity index (χ0n) is 12.8. The molecule has 126 valence electrons. The number of hydrogen-bond acceptors (Lipinski definition) is 6. The van der Waals surface area contributed by atoms with Crippen LogP contribution in [0, 0.1) is 0 Å². The summed E-state index contributed by atoms with van der Waals surface area (Å²) in [6.45, 7) is 5.63. The summed E-state index contributed by atoms with van der Waals surface area (Å²) >= 11 is 0.636. The molecule has 0 spiro atoms. The number of nitrogens with one attached hydrogen (secondary N) is 1. The van der Waals surface area contributed by atoms with Crippen molar-refractivity contribution in [2.24, 2.45) is 0 Å². The summed E-state index contributed by atoms with van der Waals surface area (Å²) in [6.07, 6.45) is -4.10. The van der Waals surface area contributed by atoms with E-state index in [0.717, 1.165) is 0 Å². The molecular formula is C13H19F3N2O3S. The first-order valence-electron chi connectivity index (χ1n) is 6.59. The number of anilines is 1. The van der Waals surface area contributed by atoms with Crippen molar-refractivity contribution in [1.29, 1.82) is 0 Å². The summed E-state index contributed by atoms with van der Waals surface area (Å²) in [5.74, 6) is -1.03. The Morgan fingerprint density at radius 1 is 1.32 bits per heavy atom. The average Bonchev–Trinajstić information content (AvgIpc) is 2.77. The second-order valence-corrected chi connectivity index (χ2v) is 6.47. The van der Waals surface area contributed by atoms with E-state index in [1.54, 1.807) is 20.8 Å². The Labute approximate surface area is 130 Å². The first-order chi connectivity index (χ1) is 10.0. The number of methoxy groups -OCH3 is 1. The lowest BCUT2D eigenvalue weighted by Gasteiger charge is -2.19. The van der Waals surface area contributed by atoms with Gasteiger partial charge in [-0.05, 0) is 27.2 Å². The number of rotatable bonds is 6. The molecule has 5 nitrogen and oxygen atoms in total. The van der Waals surface area contributed by atoms with E-state index in [0.29, 0.717) is 30.9 Å². The minimum atomic E-state index is -4.71. The third-order valence-electron chi connectivity index (χ3n) is 2.28. The van der Waals surface area contributed by atoms with Gasteiger partial charge in [0, 0.05) is 20.3 Å². The van der Waals surface area contributed by atoms with Gasteiger partial charge < -0.3 is 14.8 Å². The van der Waals surface area contributed by atoms with Crippen molar-refractivity contribution in [3.05, 3.63) is 10.6 Å². The van der Waals surface area contributed by atoms with Crippen LogP contribution in [0.25, 0.3) is 0 Å². The van der Waals surface area contributed by atoms with E-state index in [9.17, 15) is 18.0 Å². The van der Waals surface area contributed by atoms with Gasteiger partial charge in [-0.1, -0.05) is 11.3 Å². The number of ether oxygens (including phenoxy) is 2. The number of esters is 1. The minimum Gasteiger partial charge on any atom is -0.456 e. The highest BCUT2D eigenvalue weighted by Crippen LogP contribution is 2.37. The fraction of sp³-hybridized carbons (Fsp3) is 0.692. The zero-order valence-corrected chi connectivity index (χ0v) is 13.7. The van der Waals surface area contributed by atoms with E-state index >= 15 is 0 Å². The third kappa shape index (κ3) is 5.80. The highest BCUT2D eigenvalue weighted by Gasteiger charge is 2.40. The molecule has 1 heterocycles. The van der Waals surface area contributed by atoms with E-state index in [-0.39, 0.29) is 5.13 Å². The number of aromatic nitrogens is 1. The maximum atomic E-state index is 13.0. The molecule has 0 aromatic carbocycles. The van der Waals surface area contributed by atoms with Crippen LogP contribution < -0.4 is 5.32 Å². The maximum Gasteiger partial charge on any atom is 0.435 e. The summed E-state index contributed by atoms with van der Waals surface area (Å²) in [7, 11) is 1.53. The van der Waals surface area contributed by atoms with Crippen LogP contribution in [0.15, 0.2) is 0 Å². The smallest absolute Gasteiger partial charge is 0.435 e. The molecule has 22 heavy (non-hydrogen) atoms. The van der Waals surface area contributed by atoms with Gasteiger partial charge in [-0.15, -0.1) is 0 Å². The molecular weight excluding hydrogens is 321 g/mol. The quantitative estimate of drug-likeness (QED) is 0.634. The highest BCUT2D eigenvalue weighted by molar-refractivity contribution is 7.17. The average molecular weight is 340 g/mol. The number of carbonyl (C=O) groups excluding carboxylic acids is 1. The Morgan fingerprint density at radius 2 is 1.95 bits per heavy atom. The summed E-state index contributed by atoms with van der Waals surface area (Å²) in [5, 5.41) is 2.78. The number of thiazole rings is 1. The van der Waals surface area contributed by atoms with E-state index in [1.807, 2.05) is 0 Å². The molecule has 1 rings (SSSR count). The molecule has 1 aromatic heterocycles. The predicted octanol–water partition coefficient (Wildman–Crippen LogP) is 3.57. The van der Waals surface area contributed by atoms with Crippen LogP contribution in [-0.2, 0) is 15.7 Å². The van der Waals surface area contributed by atoms with Crippen LogP contribution in [0.3, 0.4) is 0 Å². The monoisotopic (exact) mass is 340 g/mol. The van der Waals surface area contributed by atoms with Gasteiger partial charge in [0.05, 0.1) is 0 Å². The third-order valence-corrected chi connectivity index (χ3v) is 3.27. The van der Waals surface area contributed by atoms with Gasteiger partial charge in [-0.3, -0.25) is 0 Å². The molecule has 0 unspecified atom stereocenters. The topological polar surface area (TPSA) is 60.5 Å². The van der Waals surface area contributed by atoms with Gasteiger partial charge in [-0.2, -0.15) is 13.2 Å². The summed E-state index contributed by atoms with van der Waals surface area (Å²) in [5.41, 5.74) is -2.10. The lowest BCUT2D eigenvalue weighted by Crippen LogP contribution is -2.25. The van der Waals surface area contributed by atoms with Crippen LogP contribution in [0.1, 0.15) is 42.6 Å². The van der Waals surface area contributed by atoms with E-state index in [2.05, 4.69) is 10.3 Å². The fourth-order valence-electron chi connectivity index (χ4n) is 1.46. The number of halogens is 3. The Bertz CT molecular complexity index is 510. The van der Waals surface area contributed by atoms with Crippen molar-refractivity contribution in [1.82, 2.24) is 4.98 Å². The zero-order chi connectivity index (χ0) is 17.0. The molecule has 0 amide bonds. The first-order valence-corrected chi connectivity index (χ1v) is 7.40. The number of hydrogen-bond donors (Lipinski definition) is 1. The Morgan fingerprint density at radius 3 is 2.45 bits per heavy atom. The van der Waals surface area contributed by atoms with Crippen molar-refractivity contribution in [2.75, 3.05) is 25.6 Å². The Kier molecular flexibility index (Phi) is 6.18. The minimum absolute atomic E-state index is 0.0317. The molecule has 0 fully saturated rings. The second kappa shape index (κ2) is 7.28. The van der Waals surface area contributed by atoms with Crippen molar-refractivity contribution in [3.63, 3.8) is 0 Å². The normalized spacial score (nSPS) is 12.3. The fourth-order valence-corrected chi connectivity index (χ4v) is 2.35. The number of alkyl halides is 3. The highest BCUT2D eigenvalue weighted by atomic mass is 32.1. The van der Waals surface area contributed by atoms with E-state index in [1.165, 1.54) is 7.11 Å². The van der Waals surface area contributed by atoms with Crippen LogP contribution >= 0.6 is 11.3 Å². The van der Waals surface area contributed by atoms with Crippen LogP contribution in [0.5, 0.6) is 0 Å². The van der Waals surface area contributed by atoms with Gasteiger partial charge in [0.15, 0.2) is 10.8 Å². The largest absolute Gasteiger partial charge is 0.456 e. The predicted molar refractivity (Wildman–Crippen MR) is 77.3 cm³/mol. The van der Waals surface area contributed by atoms with Crippen molar-refractivity contribution in [3.8, 4) is 0 Å². The van der Waals surface area contributed by atoms with Crippen LogP contribution in [-0.4, -0.2) is 36.8 Å². The van der Waals surface area contributed by atoms with Crippen molar-refractivity contribution >= 4 is 22.4 Å². The molecule has 0 aliphatic rings. The second-order valence-electron chi connectivity index (χ2n) is 5.47. The van der Waals surface area contributed by atoms with E-state index < -0.39 is 28.3 Å². The van der Waals surface area contributed by atoms with Crippen LogP contribution in [0.2, 0.25) is 0 Å². The Balaban J connectivity index is 2.94. The van der Waals surface area contributed by atoms with Gasteiger partial charge in [-0.25, -0.2) is 9.78 Å². The molecule has 0 bridgehead atoms. The van der Waals surface area contributed by atoms with Crippen molar-refractivity contribution in [2.45, 2.75) is 39.0 Å². The molecule has 0 saturated carbocycles. The van der Waals surface area contributed by atoms with Crippen molar-refractivity contribution < 1.29 is 27.4 Å². The van der Waals surface area contributed by atoms with Gasteiger partial charge in [0.2, 0.25) is 0 Å². The SMILES string of the molecule is COCCCNc1nc(C(F)(F)F)c(C(=O)OC(C)(C)C)s1. The van der Waals surface area contributed by atoms with Gasteiger partial charge >= 0.3 is 12.1 Å². The summed E-state index contributed by atoms with van der Waals surface area (Å²) < 4.78 is 48.8. The molecule has 0 atom stereocenters. The summed E-state index contributed by atoms with van der Waals surface area (Å²) in [6, 6.07) is 0. The molecule has 0 radical (unpaired) electrons. The lowest BCUT2D eigenvalue weighted by molar-refractivity contribution is -0.141. The van der Waals surface area contributed by atoms with E-state index in [4.69, 9.17) is 9.47 Å². The van der Waals surface area contributed by atoms with Gasteiger partial charge in [0.25, 0.3) is 0 Å². The standard InChI is InChI=1S/C13H19F3N2O3S/c1-12(2,3)21-10(19)8-9(13(14,15)16)18-11(22-8)17-6-5-7-20-4/h5-7H2,1-4H3,(H,17,18). The van der Waals surface area contributed by atoms with Gasteiger partial charge in [0.1, 0.15) is 10.5 Å². The Hall–Kier alpha value is -1.35. The molecule has 1 aromatic rings. The number of carbonyl (C=O) groups is 1. The lowest BCUT2D eigenvalue weighted by atomic mass is 10.2. The molecule has 0 aliphatic carbocycles. The molecule has 0 saturated heterocycles. The molecule has 1 N–H and O–H groups in total. The summed E-state index contributed by atoms with van der Waals surface area (Å²) in [4.78, 5) is 14.8. The molecule has 0 aliphatic heterocycles. The number of nitrogens with zero attached hydrogens (tertiary/aromatic N) is 1. The van der Waals surface area contributed by atoms with Crippen LogP contribution in [0.4, 0.5) is 18.3 Å².